The lowest BCUT2D eigenvalue weighted by Crippen LogP contribution is -1.93. The third-order valence-corrected chi connectivity index (χ3v) is 3.54. The Labute approximate surface area is 105 Å². The number of methoxy groups -OCH3 is 1. The number of nitrogen functional groups attached to an aromatic ring is 1. The van der Waals surface area contributed by atoms with Gasteiger partial charge in [-0.2, -0.15) is 0 Å². The normalized spacial score (nSPS) is 10.8. The minimum absolute atomic E-state index is 0.483. The molecular weight excluding hydrogens is 232 g/mol. The van der Waals surface area contributed by atoms with E-state index >= 15 is 0 Å². The fourth-order valence-corrected chi connectivity index (χ4v) is 2.39. The molecule has 0 amide bonds. The number of benzene rings is 1. The van der Waals surface area contributed by atoms with Crippen LogP contribution in [0.25, 0.3) is 10.6 Å². The predicted molar refractivity (Wildman–Crippen MR) is 72.6 cm³/mol. The fraction of sp³-hybridized carbons (Fsp3) is 0.308. The zero-order valence-corrected chi connectivity index (χ0v) is 11.0. The van der Waals surface area contributed by atoms with Gasteiger partial charge < -0.3 is 10.5 Å². The molecule has 0 unspecified atom stereocenters. The Balaban J connectivity index is 2.53. The number of anilines is 1. The number of hydrogen-bond acceptors (Lipinski definition) is 4. The summed E-state index contributed by atoms with van der Waals surface area (Å²) in [5, 5.41) is 2.75. The van der Waals surface area contributed by atoms with Crippen molar-refractivity contribution in [3.63, 3.8) is 0 Å². The molecule has 17 heavy (non-hydrogen) atoms. The molecule has 2 aromatic rings. The zero-order chi connectivity index (χ0) is 12.4. The lowest BCUT2D eigenvalue weighted by molar-refractivity contribution is 0.416. The summed E-state index contributed by atoms with van der Waals surface area (Å²) in [5.74, 6) is 1.88. The molecule has 2 rings (SSSR count). The van der Waals surface area contributed by atoms with Crippen molar-refractivity contribution < 1.29 is 4.74 Å². The first-order valence-electron chi connectivity index (χ1n) is 5.51. The Kier molecular flexibility index (Phi) is 3.33. The van der Waals surface area contributed by atoms with E-state index in [1.807, 2.05) is 11.4 Å². The summed E-state index contributed by atoms with van der Waals surface area (Å²) in [6.45, 7) is 4.34. The molecule has 0 bridgehead atoms. The first-order valence-corrected chi connectivity index (χ1v) is 6.39. The standard InChI is InChI=1S/C13H16N2OS/c1-8(2)9-4-5-11(16-3)10(6-9)13-15-12(14)7-17-13/h4-8H,14H2,1-3H3. The molecule has 1 aromatic heterocycles. The molecule has 0 saturated carbocycles. The molecule has 0 radical (unpaired) electrons. The molecule has 0 aliphatic heterocycles. The van der Waals surface area contributed by atoms with Gasteiger partial charge in [0.2, 0.25) is 0 Å². The molecule has 0 aliphatic carbocycles. The van der Waals surface area contributed by atoms with Gasteiger partial charge in [0.1, 0.15) is 16.6 Å². The maximum atomic E-state index is 5.66. The summed E-state index contributed by atoms with van der Waals surface area (Å²) >= 11 is 1.54. The highest BCUT2D eigenvalue weighted by Gasteiger charge is 2.11. The smallest absolute Gasteiger partial charge is 0.135 e. The van der Waals surface area contributed by atoms with Crippen molar-refractivity contribution in [3.05, 3.63) is 29.1 Å². The average Bonchev–Trinajstić information content (AvgIpc) is 2.74. The van der Waals surface area contributed by atoms with Gasteiger partial charge in [-0.3, -0.25) is 0 Å². The van der Waals surface area contributed by atoms with Gasteiger partial charge in [-0.15, -0.1) is 11.3 Å². The molecule has 0 saturated heterocycles. The van der Waals surface area contributed by atoms with Crippen molar-refractivity contribution in [2.24, 2.45) is 0 Å². The van der Waals surface area contributed by atoms with Gasteiger partial charge in [0.15, 0.2) is 0 Å². The van der Waals surface area contributed by atoms with E-state index in [4.69, 9.17) is 10.5 Å². The minimum Gasteiger partial charge on any atom is -0.496 e. The highest BCUT2D eigenvalue weighted by Crippen LogP contribution is 2.35. The second-order valence-corrected chi connectivity index (χ2v) is 5.05. The van der Waals surface area contributed by atoms with E-state index in [2.05, 4.69) is 31.0 Å². The molecule has 2 N–H and O–H groups in total. The summed E-state index contributed by atoms with van der Waals surface area (Å²) in [5.41, 5.74) is 7.95. The van der Waals surface area contributed by atoms with Crippen LogP contribution in [-0.4, -0.2) is 12.1 Å². The Morgan fingerprint density at radius 2 is 2.12 bits per heavy atom. The third-order valence-electron chi connectivity index (χ3n) is 2.64. The molecule has 0 fully saturated rings. The van der Waals surface area contributed by atoms with Crippen molar-refractivity contribution >= 4 is 17.2 Å². The summed E-state index contributed by atoms with van der Waals surface area (Å²) in [6, 6.07) is 6.20. The van der Waals surface area contributed by atoms with Crippen LogP contribution in [0.1, 0.15) is 25.3 Å². The largest absolute Gasteiger partial charge is 0.496 e. The van der Waals surface area contributed by atoms with E-state index < -0.39 is 0 Å². The number of thiazole rings is 1. The lowest BCUT2D eigenvalue weighted by Gasteiger charge is -2.11. The molecule has 4 heteroatoms. The van der Waals surface area contributed by atoms with Gasteiger partial charge in [0.05, 0.1) is 12.7 Å². The van der Waals surface area contributed by atoms with Crippen molar-refractivity contribution in [2.45, 2.75) is 19.8 Å². The monoisotopic (exact) mass is 248 g/mol. The van der Waals surface area contributed by atoms with E-state index in [0.717, 1.165) is 16.3 Å². The number of ether oxygens (including phenoxy) is 1. The van der Waals surface area contributed by atoms with E-state index in [1.165, 1.54) is 16.9 Å². The minimum atomic E-state index is 0.483. The van der Waals surface area contributed by atoms with Gasteiger partial charge in [0.25, 0.3) is 0 Å². The first kappa shape index (κ1) is 11.9. The SMILES string of the molecule is COc1ccc(C(C)C)cc1-c1nc(N)cs1. The van der Waals surface area contributed by atoms with Crippen LogP contribution in [0.15, 0.2) is 23.6 Å². The topological polar surface area (TPSA) is 48.1 Å². The lowest BCUT2D eigenvalue weighted by atomic mass is 10.0. The van der Waals surface area contributed by atoms with Crippen LogP contribution in [0.4, 0.5) is 5.82 Å². The number of nitrogens with zero attached hydrogens (tertiary/aromatic N) is 1. The van der Waals surface area contributed by atoms with Crippen LogP contribution in [0, 0.1) is 0 Å². The number of hydrogen-bond donors (Lipinski definition) is 1. The molecule has 90 valence electrons. The molecule has 0 atom stereocenters. The van der Waals surface area contributed by atoms with Crippen LogP contribution >= 0.6 is 11.3 Å². The fourth-order valence-electron chi connectivity index (χ4n) is 1.66. The van der Waals surface area contributed by atoms with Gasteiger partial charge in [-0.25, -0.2) is 4.98 Å². The number of rotatable bonds is 3. The van der Waals surface area contributed by atoms with E-state index in [-0.39, 0.29) is 0 Å². The van der Waals surface area contributed by atoms with Gasteiger partial charge in [-0.05, 0) is 23.6 Å². The second-order valence-electron chi connectivity index (χ2n) is 4.19. The van der Waals surface area contributed by atoms with E-state index in [9.17, 15) is 0 Å². The van der Waals surface area contributed by atoms with Crippen LogP contribution in [0.5, 0.6) is 5.75 Å². The van der Waals surface area contributed by atoms with Gasteiger partial charge in [-0.1, -0.05) is 19.9 Å². The maximum absolute atomic E-state index is 5.66. The van der Waals surface area contributed by atoms with E-state index in [1.54, 1.807) is 7.11 Å². The van der Waals surface area contributed by atoms with Crippen molar-refractivity contribution in [1.29, 1.82) is 0 Å². The van der Waals surface area contributed by atoms with Gasteiger partial charge in [0, 0.05) is 5.38 Å². The highest BCUT2D eigenvalue weighted by atomic mass is 32.1. The predicted octanol–water partition coefficient (Wildman–Crippen LogP) is 3.52. The quantitative estimate of drug-likeness (QED) is 0.904. The Hall–Kier alpha value is -1.55. The molecular formula is C13H16N2OS. The summed E-state index contributed by atoms with van der Waals surface area (Å²) in [7, 11) is 1.67. The zero-order valence-electron chi connectivity index (χ0n) is 10.2. The Morgan fingerprint density at radius 3 is 2.65 bits per heavy atom. The summed E-state index contributed by atoms with van der Waals surface area (Å²) < 4.78 is 5.37. The van der Waals surface area contributed by atoms with Crippen LogP contribution in [0.3, 0.4) is 0 Å². The van der Waals surface area contributed by atoms with Crippen molar-refractivity contribution in [2.75, 3.05) is 12.8 Å². The van der Waals surface area contributed by atoms with Crippen LogP contribution < -0.4 is 10.5 Å². The molecule has 0 spiro atoms. The van der Waals surface area contributed by atoms with E-state index in [0.29, 0.717) is 11.7 Å². The molecule has 3 nitrogen and oxygen atoms in total. The third kappa shape index (κ3) is 2.42. The Bertz CT molecular complexity index is 520. The van der Waals surface area contributed by atoms with Gasteiger partial charge >= 0.3 is 0 Å². The average molecular weight is 248 g/mol. The van der Waals surface area contributed by atoms with Crippen LogP contribution in [-0.2, 0) is 0 Å². The maximum Gasteiger partial charge on any atom is 0.135 e. The Morgan fingerprint density at radius 1 is 1.35 bits per heavy atom. The van der Waals surface area contributed by atoms with Crippen LogP contribution in [0.2, 0.25) is 0 Å². The highest BCUT2D eigenvalue weighted by molar-refractivity contribution is 7.13. The molecule has 0 aliphatic rings. The first-order chi connectivity index (χ1) is 8.11. The number of aromatic nitrogens is 1. The second kappa shape index (κ2) is 4.75. The van der Waals surface area contributed by atoms with Crippen molar-refractivity contribution in [3.8, 4) is 16.3 Å². The molecule has 1 aromatic carbocycles. The summed E-state index contributed by atoms with van der Waals surface area (Å²) in [4.78, 5) is 4.31. The molecule has 1 heterocycles. The number of nitrogens with two attached hydrogens (primary N) is 1. The van der Waals surface area contributed by atoms with Crippen molar-refractivity contribution in [1.82, 2.24) is 4.98 Å². The summed E-state index contributed by atoms with van der Waals surface area (Å²) in [6.07, 6.45) is 0.